The maximum atomic E-state index is 12.8. The number of carboxylic acids is 2. The van der Waals surface area contributed by atoms with Crippen LogP contribution in [0.15, 0.2) is 97.1 Å². The molecule has 0 radical (unpaired) electrons. The molecule has 5 nitrogen and oxygen atoms in total. The minimum Gasteiger partial charge on any atom is -0.481 e. The highest BCUT2D eigenvalue weighted by molar-refractivity contribution is 6.10. The highest BCUT2D eigenvalue weighted by atomic mass is 16.4. The smallest absolute Gasteiger partial charge is 0.325 e. The van der Waals surface area contributed by atoms with Gasteiger partial charge >= 0.3 is 11.9 Å². The molecule has 0 aliphatic rings. The van der Waals surface area contributed by atoms with Crippen LogP contribution in [-0.4, -0.2) is 22.2 Å². The van der Waals surface area contributed by atoms with Crippen LogP contribution >= 0.6 is 0 Å². The molecular weight excluding hydrogens is 438 g/mol. The monoisotopic (exact) mass is 459 g/mol. The molecule has 0 saturated heterocycles. The van der Waals surface area contributed by atoms with Crippen LogP contribution in [-0.2, 0) is 9.59 Å². The summed E-state index contributed by atoms with van der Waals surface area (Å²) in [5.74, 6) is -3.84. The number of rotatable bonds is 6. The lowest BCUT2D eigenvalue weighted by Gasteiger charge is -2.33. The van der Waals surface area contributed by atoms with E-state index < -0.39 is 29.7 Å². The summed E-state index contributed by atoms with van der Waals surface area (Å²) in [6.07, 6.45) is -0.839. The molecule has 0 saturated carbocycles. The number of aliphatic carboxylic acids is 2. The van der Waals surface area contributed by atoms with Gasteiger partial charge < -0.3 is 10.2 Å². The van der Waals surface area contributed by atoms with Crippen LogP contribution in [0.2, 0.25) is 0 Å². The van der Waals surface area contributed by atoms with E-state index in [2.05, 4.69) is 0 Å². The third-order valence-electron chi connectivity index (χ3n) is 6.75. The van der Waals surface area contributed by atoms with Gasteiger partial charge in [0.2, 0.25) is 0 Å². The average Bonchev–Trinajstić information content (AvgIpc) is 2.87. The molecule has 5 aromatic carbocycles. The van der Waals surface area contributed by atoms with Gasteiger partial charge in [0.25, 0.3) is 0 Å². The van der Waals surface area contributed by atoms with Crippen molar-refractivity contribution in [2.45, 2.75) is 12.3 Å². The molecule has 0 aliphatic carbocycles. The third-order valence-corrected chi connectivity index (χ3v) is 6.75. The van der Waals surface area contributed by atoms with Gasteiger partial charge in [-0.05, 0) is 43.4 Å². The lowest BCUT2D eigenvalue weighted by Crippen LogP contribution is -2.39. The van der Waals surface area contributed by atoms with Crippen molar-refractivity contribution in [2.75, 3.05) is 0 Å². The van der Waals surface area contributed by atoms with E-state index in [4.69, 9.17) is 0 Å². The Labute approximate surface area is 201 Å². The Morgan fingerprint density at radius 1 is 0.714 bits per heavy atom. The van der Waals surface area contributed by atoms with Gasteiger partial charge in [0.05, 0.1) is 12.5 Å². The summed E-state index contributed by atoms with van der Waals surface area (Å²) >= 11 is 0. The first-order chi connectivity index (χ1) is 17.0. The summed E-state index contributed by atoms with van der Waals surface area (Å²) in [6, 6.07) is 32.4. The zero-order valence-corrected chi connectivity index (χ0v) is 18.7. The molecule has 170 valence electrons. The van der Waals surface area contributed by atoms with Crippen molar-refractivity contribution >= 4 is 44.3 Å². The molecule has 5 rings (SSSR count). The molecule has 0 bridgehead atoms. The first-order valence-corrected chi connectivity index (χ1v) is 11.2. The lowest BCUT2D eigenvalue weighted by atomic mass is 9.66. The van der Waals surface area contributed by atoms with Crippen molar-refractivity contribution in [3.8, 4) is 6.07 Å². The van der Waals surface area contributed by atoms with Crippen molar-refractivity contribution in [3.63, 3.8) is 0 Å². The number of benzene rings is 5. The maximum Gasteiger partial charge on any atom is 0.325 e. The summed E-state index contributed by atoms with van der Waals surface area (Å²) in [7, 11) is 0. The third kappa shape index (κ3) is 3.56. The Morgan fingerprint density at radius 3 is 1.91 bits per heavy atom. The molecule has 0 aliphatic heterocycles. The van der Waals surface area contributed by atoms with Gasteiger partial charge in [-0.3, -0.25) is 9.59 Å². The SMILES string of the molecule is N#CC(CC(=O)O)(C(=O)O)C(c1cccc2ccccc12)c1cccc2ccc3ccccc3c12. The second kappa shape index (κ2) is 8.58. The highest BCUT2D eigenvalue weighted by Crippen LogP contribution is 2.48. The Hall–Kier alpha value is -4.69. The molecule has 5 aromatic rings. The summed E-state index contributed by atoms with van der Waals surface area (Å²) in [6.45, 7) is 0. The van der Waals surface area contributed by atoms with Gasteiger partial charge in [0.1, 0.15) is 0 Å². The van der Waals surface area contributed by atoms with E-state index in [1.54, 1.807) is 6.07 Å². The molecule has 0 aromatic heterocycles. The van der Waals surface area contributed by atoms with Gasteiger partial charge in [0.15, 0.2) is 5.41 Å². The molecule has 2 N–H and O–H groups in total. The van der Waals surface area contributed by atoms with E-state index in [0.717, 1.165) is 32.3 Å². The number of carbonyl (C=O) groups is 2. The molecule has 0 amide bonds. The Kier molecular flexibility index (Phi) is 5.43. The first-order valence-electron chi connectivity index (χ1n) is 11.2. The van der Waals surface area contributed by atoms with E-state index >= 15 is 0 Å². The van der Waals surface area contributed by atoms with Gasteiger partial charge in [-0.25, -0.2) is 0 Å². The van der Waals surface area contributed by atoms with Gasteiger partial charge in [-0.1, -0.05) is 97.1 Å². The Morgan fingerprint density at radius 2 is 1.26 bits per heavy atom. The van der Waals surface area contributed by atoms with Crippen molar-refractivity contribution in [1.29, 1.82) is 5.26 Å². The number of nitriles is 1. The summed E-state index contributed by atoms with van der Waals surface area (Å²) in [4.78, 5) is 24.8. The molecule has 5 heteroatoms. The predicted molar refractivity (Wildman–Crippen MR) is 135 cm³/mol. The number of carboxylic acid groups (broad SMARTS) is 2. The molecule has 2 atom stereocenters. The van der Waals surface area contributed by atoms with Crippen LogP contribution in [0.25, 0.3) is 32.3 Å². The summed E-state index contributed by atoms with van der Waals surface area (Å²) in [5, 5.41) is 35.8. The van der Waals surface area contributed by atoms with E-state index in [-0.39, 0.29) is 0 Å². The minimum atomic E-state index is -2.23. The Bertz CT molecular complexity index is 1660. The number of fused-ring (bicyclic) bond motifs is 4. The van der Waals surface area contributed by atoms with Crippen LogP contribution in [0.3, 0.4) is 0 Å². The second-order valence-corrected chi connectivity index (χ2v) is 8.69. The van der Waals surface area contributed by atoms with Gasteiger partial charge in [-0.15, -0.1) is 0 Å². The zero-order chi connectivity index (χ0) is 24.6. The second-order valence-electron chi connectivity index (χ2n) is 8.69. The van der Waals surface area contributed by atoms with Gasteiger partial charge in [0, 0.05) is 5.92 Å². The first kappa shape index (κ1) is 22.1. The molecule has 0 fully saturated rings. The fourth-order valence-electron chi connectivity index (χ4n) is 5.22. The van der Waals surface area contributed by atoms with Crippen LogP contribution in [0.4, 0.5) is 0 Å². The summed E-state index contributed by atoms with van der Waals surface area (Å²) in [5.41, 5.74) is -1.02. The molecule has 2 unspecified atom stereocenters. The average molecular weight is 460 g/mol. The van der Waals surface area contributed by atoms with Crippen LogP contribution in [0.5, 0.6) is 0 Å². The van der Waals surface area contributed by atoms with Crippen LogP contribution in [0.1, 0.15) is 23.5 Å². The normalized spacial score (nSPS) is 13.8. The van der Waals surface area contributed by atoms with Crippen LogP contribution in [0, 0.1) is 16.7 Å². The van der Waals surface area contributed by atoms with Crippen molar-refractivity contribution in [2.24, 2.45) is 5.41 Å². The van der Waals surface area contributed by atoms with E-state index in [1.165, 1.54) is 0 Å². The number of hydrogen-bond donors (Lipinski definition) is 2. The fourth-order valence-corrected chi connectivity index (χ4v) is 5.22. The molecule has 0 spiro atoms. The van der Waals surface area contributed by atoms with Crippen LogP contribution < -0.4 is 0 Å². The standard InChI is InChI=1S/C30H21NO4/c31-18-30(29(34)35,17-26(32)33)28(24-13-5-9-19-7-1-3-11-22(19)24)25-14-6-10-21-16-15-20-8-2-4-12-23(20)27(21)25/h1-16,28H,17H2,(H,32,33)(H,34,35). The fraction of sp³-hybridized carbons (Fsp3) is 0.100. The van der Waals surface area contributed by atoms with Crippen molar-refractivity contribution in [3.05, 3.63) is 108 Å². The number of nitrogens with zero attached hydrogens (tertiary/aromatic N) is 1. The maximum absolute atomic E-state index is 12.8. The quantitative estimate of drug-likeness (QED) is 0.288. The predicted octanol–water partition coefficient (Wildman–Crippen LogP) is 6.35. The largest absolute Gasteiger partial charge is 0.481 e. The lowest BCUT2D eigenvalue weighted by molar-refractivity contribution is -0.153. The minimum absolute atomic E-state index is 0.605. The van der Waals surface area contributed by atoms with E-state index in [0.29, 0.717) is 11.1 Å². The van der Waals surface area contributed by atoms with Crippen molar-refractivity contribution < 1.29 is 19.8 Å². The molecule has 0 heterocycles. The zero-order valence-electron chi connectivity index (χ0n) is 18.7. The van der Waals surface area contributed by atoms with Gasteiger partial charge in [-0.2, -0.15) is 5.26 Å². The molecular formula is C30H21NO4. The Balaban J connectivity index is 1.97. The van der Waals surface area contributed by atoms with E-state index in [1.807, 2.05) is 97.1 Å². The topological polar surface area (TPSA) is 98.4 Å². The molecule has 35 heavy (non-hydrogen) atoms. The number of hydrogen-bond acceptors (Lipinski definition) is 3. The highest BCUT2D eigenvalue weighted by Gasteiger charge is 2.51. The summed E-state index contributed by atoms with van der Waals surface area (Å²) < 4.78 is 0. The van der Waals surface area contributed by atoms with E-state index in [9.17, 15) is 25.1 Å². The van der Waals surface area contributed by atoms with Crippen molar-refractivity contribution in [1.82, 2.24) is 0 Å².